The topological polar surface area (TPSA) is 50.7 Å². The van der Waals surface area contributed by atoms with E-state index in [1.54, 1.807) is 14.2 Å². The summed E-state index contributed by atoms with van der Waals surface area (Å²) in [7, 11) is 3.28. The third-order valence-electron chi connectivity index (χ3n) is 3.81. The Morgan fingerprint density at radius 3 is 2.56 bits per heavy atom. The van der Waals surface area contributed by atoms with Crippen molar-refractivity contribution >= 4 is 5.69 Å². The second-order valence-corrected chi connectivity index (χ2v) is 4.93. The summed E-state index contributed by atoms with van der Waals surface area (Å²) in [6, 6.07) is 5.70. The highest BCUT2D eigenvalue weighted by Crippen LogP contribution is 2.41. The van der Waals surface area contributed by atoms with Crippen molar-refractivity contribution in [3.8, 4) is 11.5 Å². The monoisotopic (exact) mass is 251 g/mol. The van der Waals surface area contributed by atoms with Crippen molar-refractivity contribution in [3.63, 3.8) is 0 Å². The summed E-state index contributed by atoms with van der Waals surface area (Å²) in [5.74, 6) is 1.54. The van der Waals surface area contributed by atoms with E-state index in [9.17, 15) is 5.11 Å². The molecule has 0 spiro atoms. The Kier molecular flexibility index (Phi) is 3.97. The first-order chi connectivity index (χ1) is 8.73. The number of aliphatic hydroxyl groups is 1. The Hall–Kier alpha value is -1.42. The largest absolute Gasteiger partial charge is 0.497 e. The molecule has 0 radical (unpaired) electrons. The van der Waals surface area contributed by atoms with Crippen LogP contribution in [0.1, 0.15) is 19.3 Å². The quantitative estimate of drug-likeness (QED) is 0.814. The van der Waals surface area contributed by atoms with Gasteiger partial charge in [-0.2, -0.15) is 0 Å². The first kappa shape index (κ1) is 13.0. The third-order valence-corrected chi connectivity index (χ3v) is 3.81. The van der Waals surface area contributed by atoms with E-state index in [1.807, 2.05) is 18.2 Å². The summed E-state index contributed by atoms with van der Waals surface area (Å²) < 4.78 is 10.5. The van der Waals surface area contributed by atoms with Gasteiger partial charge in [-0.15, -0.1) is 0 Å². The normalized spacial score (nSPS) is 16.8. The van der Waals surface area contributed by atoms with Crippen molar-refractivity contribution in [2.24, 2.45) is 5.41 Å². The summed E-state index contributed by atoms with van der Waals surface area (Å²) in [6.45, 7) is 1.03. The molecule has 0 amide bonds. The Balaban J connectivity index is 2.04. The zero-order valence-corrected chi connectivity index (χ0v) is 11.0. The molecule has 0 aliphatic heterocycles. The second kappa shape index (κ2) is 5.48. The van der Waals surface area contributed by atoms with Crippen LogP contribution in [0.4, 0.5) is 5.69 Å². The van der Waals surface area contributed by atoms with Gasteiger partial charge in [0.25, 0.3) is 0 Å². The average Bonchev–Trinajstić information content (AvgIpc) is 2.38. The number of benzene rings is 1. The Labute approximate surface area is 108 Å². The Morgan fingerprint density at radius 1 is 1.28 bits per heavy atom. The van der Waals surface area contributed by atoms with Crippen LogP contribution in [0.2, 0.25) is 0 Å². The Morgan fingerprint density at radius 2 is 2.06 bits per heavy atom. The van der Waals surface area contributed by atoms with E-state index in [0.717, 1.165) is 36.6 Å². The fourth-order valence-corrected chi connectivity index (χ4v) is 2.29. The predicted molar refractivity (Wildman–Crippen MR) is 71.4 cm³/mol. The van der Waals surface area contributed by atoms with Gasteiger partial charge in [-0.1, -0.05) is 6.42 Å². The highest BCUT2D eigenvalue weighted by molar-refractivity contribution is 5.59. The van der Waals surface area contributed by atoms with Crippen LogP contribution in [0.5, 0.6) is 11.5 Å². The van der Waals surface area contributed by atoms with Crippen molar-refractivity contribution < 1.29 is 14.6 Å². The van der Waals surface area contributed by atoms with E-state index in [0.29, 0.717) is 0 Å². The van der Waals surface area contributed by atoms with Crippen molar-refractivity contribution in [3.05, 3.63) is 18.2 Å². The lowest BCUT2D eigenvalue weighted by Gasteiger charge is -2.40. The van der Waals surface area contributed by atoms with E-state index in [2.05, 4.69) is 5.32 Å². The highest BCUT2D eigenvalue weighted by Gasteiger charge is 2.36. The van der Waals surface area contributed by atoms with Gasteiger partial charge >= 0.3 is 0 Å². The number of nitrogens with one attached hydrogen (secondary N) is 1. The van der Waals surface area contributed by atoms with E-state index in [4.69, 9.17) is 9.47 Å². The molecule has 4 heteroatoms. The molecular weight excluding hydrogens is 230 g/mol. The van der Waals surface area contributed by atoms with Crippen molar-refractivity contribution in [2.45, 2.75) is 19.3 Å². The van der Waals surface area contributed by atoms with Gasteiger partial charge < -0.3 is 19.9 Å². The van der Waals surface area contributed by atoms with Crippen LogP contribution in [-0.2, 0) is 0 Å². The molecule has 1 aliphatic carbocycles. The van der Waals surface area contributed by atoms with Crippen LogP contribution in [0, 0.1) is 5.41 Å². The maximum atomic E-state index is 9.43. The number of aliphatic hydroxyl groups excluding tert-OH is 1. The lowest BCUT2D eigenvalue weighted by Crippen LogP contribution is -2.39. The van der Waals surface area contributed by atoms with Gasteiger partial charge in [-0.3, -0.25) is 0 Å². The molecule has 1 saturated carbocycles. The summed E-state index contributed by atoms with van der Waals surface area (Å²) in [5, 5.41) is 12.8. The molecule has 1 aromatic rings. The zero-order chi connectivity index (χ0) is 13.0. The third kappa shape index (κ3) is 2.53. The molecule has 18 heavy (non-hydrogen) atoms. The number of hydrogen-bond donors (Lipinski definition) is 2. The molecule has 0 unspecified atom stereocenters. The van der Waals surface area contributed by atoms with Crippen LogP contribution in [-0.4, -0.2) is 32.5 Å². The smallest absolute Gasteiger partial charge is 0.145 e. The number of ether oxygens (including phenoxy) is 2. The fraction of sp³-hybridized carbons (Fsp3) is 0.571. The molecule has 1 fully saturated rings. The van der Waals surface area contributed by atoms with Gasteiger partial charge in [-0.25, -0.2) is 0 Å². The van der Waals surface area contributed by atoms with Crippen LogP contribution in [0.3, 0.4) is 0 Å². The van der Waals surface area contributed by atoms with E-state index in [-0.39, 0.29) is 12.0 Å². The number of methoxy groups -OCH3 is 2. The summed E-state index contributed by atoms with van der Waals surface area (Å²) in [4.78, 5) is 0. The van der Waals surface area contributed by atoms with Crippen LogP contribution in [0.25, 0.3) is 0 Å². The van der Waals surface area contributed by atoms with Gasteiger partial charge in [-0.05, 0) is 25.0 Å². The number of anilines is 1. The molecule has 1 aromatic carbocycles. The predicted octanol–water partition coefficient (Wildman–Crippen LogP) is 2.28. The minimum Gasteiger partial charge on any atom is -0.497 e. The summed E-state index contributed by atoms with van der Waals surface area (Å²) in [6.07, 6.45) is 3.39. The van der Waals surface area contributed by atoms with Gasteiger partial charge in [0.1, 0.15) is 11.5 Å². The first-order valence-corrected chi connectivity index (χ1v) is 6.30. The molecule has 0 saturated heterocycles. The molecule has 2 N–H and O–H groups in total. The standard InChI is InChI=1S/C14H21NO3/c1-17-11-4-5-12(13(8-11)18-2)15-9-14(10-16)6-3-7-14/h4-5,8,15-16H,3,6-7,9-10H2,1-2H3. The zero-order valence-electron chi connectivity index (χ0n) is 11.0. The molecular formula is C14H21NO3. The van der Waals surface area contributed by atoms with Crippen LogP contribution < -0.4 is 14.8 Å². The minimum atomic E-state index is 0.0605. The van der Waals surface area contributed by atoms with Gasteiger partial charge in [0.2, 0.25) is 0 Å². The van der Waals surface area contributed by atoms with Gasteiger partial charge in [0.15, 0.2) is 0 Å². The molecule has 0 bridgehead atoms. The lowest BCUT2D eigenvalue weighted by molar-refractivity contribution is 0.0576. The van der Waals surface area contributed by atoms with Crippen molar-refractivity contribution in [1.29, 1.82) is 0 Å². The minimum absolute atomic E-state index is 0.0605. The van der Waals surface area contributed by atoms with Crippen LogP contribution >= 0.6 is 0 Å². The summed E-state index contributed by atoms with van der Waals surface area (Å²) >= 11 is 0. The van der Waals surface area contributed by atoms with E-state index < -0.39 is 0 Å². The van der Waals surface area contributed by atoms with Crippen molar-refractivity contribution in [1.82, 2.24) is 0 Å². The molecule has 1 aliphatic rings. The van der Waals surface area contributed by atoms with Crippen LogP contribution in [0.15, 0.2) is 18.2 Å². The lowest BCUT2D eigenvalue weighted by atomic mass is 9.69. The van der Waals surface area contributed by atoms with Gasteiger partial charge in [0.05, 0.1) is 26.5 Å². The molecule has 0 atom stereocenters. The molecule has 0 heterocycles. The summed E-state index contributed by atoms with van der Waals surface area (Å²) in [5.41, 5.74) is 1.00. The molecule has 2 rings (SSSR count). The van der Waals surface area contributed by atoms with E-state index in [1.165, 1.54) is 6.42 Å². The van der Waals surface area contributed by atoms with E-state index >= 15 is 0 Å². The maximum absolute atomic E-state index is 9.43. The highest BCUT2D eigenvalue weighted by atomic mass is 16.5. The second-order valence-electron chi connectivity index (χ2n) is 4.93. The average molecular weight is 251 g/mol. The molecule has 100 valence electrons. The molecule has 0 aromatic heterocycles. The maximum Gasteiger partial charge on any atom is 0.145 e. The number of rotatable bonds is 6. The SMILES string of the molecule is COc1ccc(NCC2(CO)CCC2)c(OC)c1. The molecule has 4 nitrogen and oxygen atoms in total. The van der Waals surface area contributed by atoms with Crippen molar-refractivity contribution in [2.75, 3.05) is 32.7 Å². The fourth-order valence-electron chi connectivity index (χ4n) is 2.29. The first-order valence-electron chi connectivity index (χ1n) is 6.30. The van der Waals surface area contributed by atoms with Gasteiger partial charge in [0, 0.05) is 18.0 Å². The number of hydrogen-bond acceptors (Lipinski definition) is 4. The Bertz CT molecular complexity index is 397.